The molecule has 1 N–H and O–H groups in total. The lowest BCUT2D eigenvalue weighted by Crippen LogP contribution is -2.37. The van der Waals surface area contributed by atoms with E-state index in [4.69, 9.17) is 0 Å². The Morgan fingerprint density at radius 2 is 2.14 bits per heavy atom. The van der Waals surface area contributed by atoms with Crippen molar-refractivity contribution in [3.63, 3.8) is 0 Å². The third kappa shape index (κ3) is 3.05. The molecule has 1 atom stereocenters. The lowest BCUT2D eigenvalue weighted by molar-refractivity contribution is 0.377. The van der Waals surface area contributed by atoms with Crippen molar-refractivity contribution in [2.75, 3.05) is 0 Å². The van der Waals surface area contributed by atoms with E-state index in [-0.39, 0.29) is 6.04 Å². The first-order valence-electron chi connectivity index (χ1n) is 9.18. The van der Waals surface area contributed by atoms with Gasteiger partial charge in [0.25, 0.3) is 0 Å². The molecule has 0 fully saturated rings. The zero-order chi connectivity index (χ0) is 19.1. The normalized spacial score (nSPS) is 16.4. The Hall–Kier alpha value is -3.13. The van der Waals surface area contributed by atoms with Crippen molar-refractivity contribution in [3.8, 4) is 11.3 Å². The lowest BCUT2D eigenvalue weighted by Gasteiger charge is -2.24. The van der Waals surface area contributed by atoms with Crippen LogP contribution in [0.3, 0.4) is 0 Å². The molecule has 1 unspecified atom stereocenters. The maximum absolute atomic E-state index is 14.1. The number of nitrogens with one attached hydrogen (secondary N) is 1. The number of benzene rings is 1. The Kier molecular flexibility index (Phi) is 4.12. The van der Waals surface area contributed by atoms with Crippen LogP contribution in [-0.4, -0.2) is 30.0 Å². The van der Waals surface area contributed by atoms with E-state index in [0.717, 1.165) is 42.6 Å². The van der Waals surface area contributed by atoms with Gasteiger partial charge in [-0.3, -0.25) is 9.38 Å². The van der Waals surface area contributed by atoms with Crippen LogP contribution in [0, 0.1) is 11.6 Å². The van der Waals surface area contributed by atoms with Crippen LogP contribution in [-0.2, 0) is 19.5 Å². The number of hydrogen-bond donors (Lipinski definition) is 1. The number of imidazole rings is 2. The molecule has 0 amide bonds. The number of aromatic nitrogens is 5. The summed E-state index contributed by atoms with van der Waals surface area (Å²) < 4.78 is 31.3. The van der Waals surface area contributed by atoms with Crippen LogP contribution in [0.4, 0.5) is 8.78 Å². The van der Waals surface area contributed by atoms with Gasteiger partial charge in [-0.25, -0.2) is 18.7 Å². The molecule has 5 rings (SSSR count). The molecule has 0 saturated heterocycles. The molecule has 28 heavy (non-hydrogen) atoms. The van der Waals surface area contributed by atoms with Gasteiger partial charge < -0.3 is 9.88 Å². The van der Waals surface area contributed by atoms with E-state index in [1.54, 1.807) is 12.4 Å². The third-order valence-corrected chi connectivity index (χ3v) is 5.17. The Morgan fingerprint density at radius 1 is 1.21 bits per heavy atom. The number of rotatable bonds is 4. The first-order valence-corrected chi connectivity index (χ1v) is 9.18. The standard InChI is InChI=1S/C20H18F2N6/c21-13-1-3-16(17(22)7-13)18-12-27-11-14(2-4-19(27)26-18)24-8-15-9-25-20-10-23-5-6-28(15)20/h1,3,5-7,9-10,12,14,24H,2,4,8,11H2. The third-order valence-electron chi connectivity index (χ3n) is 5.17. The van der Waals surface area contributed by atoms with E-state index in [0.29, 0.717) is 17.8 Å². The summed E-state index contributed by atoms with van der Waals surface area (Å²) in [6.45, 7) is 1.45. The summed E-state index contributed by atoms with van der Waals surface area (Å²) in [7, 11) is 0. The number of halogens is 2. The average Bonchev–Trinajstić information content (AvgIpc) is 3.30. The molecule has 142 valence electrons. The van der Waals surface area contributed by atoms with Crippen LogP contribution in [0.15, 0.2) is 49.2 Å². The summed E-state index contributed by atoms with van der Waals surface area (Å²) in [4.78, 5) is 13.0. The quantitative estimate of drug-likeness (QED) is 0.591. The van der Waals surface area contributed by atoms with E-state index < -0.39 is 11.6 Å². The topological polar surface area (TPSA) is 60.0 Å². The van der Waals surface area contributed by atoms with Gasteiger partial charge in [-0.2, -0.15) is 0 Å². The summed E-state index contributed by atoms with van der Waals surface area (Å²) in [6, 6.07) is 3.87. The zero-order valence-electron chi connectivity index (χ0n) is 15.0. The number of aryl methyl sites for hydroxylation is 1. The number of fused-ring (bicyclic) bond motifs is 2. The summed E-state index contributed by atoms with van der Waals surface area (Å²) in [5.41, 5.74) is 2.77. The average molecular weight is 380 g/mol. The van der Waals surface area contributed by atoms with Crippen molar-refractivity contribution >= 4 is 5.65 Å². The van der Waals surface area contributed by atoms with Crippen molar-refractivity contribution in [3.05, 3.63) is 72.3 Å². The van der Waals surface area contributed by atoms with Gasteiger partial charge in [0, 0.05) is 55.8 Å². The van der Waals surface area contributed by atoms with E-state index in [1.807, 2.05) is 23.0 Å². The molecule has 0 spiro atoms. The van der Waals surface area contributed by atoms with Gasteiger partial charge in [0.05, 0.1) is 23.8 Å². The molecule has 0 bridgehead atoms. The number of nitrogens with zero attached hydrogens (tertiary/aromatic N) is 5. The highest BCUT2D eigenvalue weighted by molar-refractivity contribution is 5.59. The van der Waals surface area contributed by atoms with Gasteiger partial charge in [0.2, 0.25) is 0 Å². The van der Waals surface area contributed by atoms with Crippen LogP contribution >= 0.6 is 0 Å². The highest BCUT2D eigenvalue weighted by atomic mass is 19.1. The first kappa shape index (κ1) is 17.0. The van der Waals surface area contributed by atoms with Gasteiger partial charge in [0.15, 0.2) is 5.65 Å². The summed E-state index contributed by atoms with van der Waals surface area (Å²) in [6.07, 6.45) is 10.8. The monoisotopic (exact) mass is 380 g/mol. The van der Waals surface area contributed by atoms with Gasteiger partial charge in [-0.1, -0.05) is 0 Å². The largest absolute Gasteiger partial charge is 0.333 e. The smallest absolute Gasteiger partial charge is 0.155 e. The van der Waals surface area contributed by atoms with Crippen LogP contribution in [0.25, 0.3) is 16.9 Å². The molecule has 4 heterocycles. The molecule has 1 aliphatic heterocycles. The van der Waals surface area contributed by atoms with Crippen LogP contribution in [0.1, 0.15) is 17.9 Å². The summed E-state index contributed by atoms with van der Waals surface area (Å²) in [5.74, 6) is -0.248. The minimum atomic E-state index is -0.591. The molecule has 6 nitrogen and oxygen atoms in total. The summed E-state index contributed by atoms with van der Waals surface area (Å²) in [5, 5.41) is 3.57. The van der Waals surface area contributed by atoms with Crippen molar-refractivity contribution in [1.82, 2.24) is 29.2 Å². The SMILES string of the molecule is Fc1ccc(-c2cn3c(n2)CCC(NCc2cnc4cnccn24)C3)c(F)c1. The predicted octanol–water partition coefficient (Wildman–Crippen LogP) is 2.98. The second kappa shape index (κ2) is 6.79. The van der Waals surface area contributed by atoms with E-state index in [9.17, 15) is 8.78 Å². The molecule has 1 aromatic carbocycles. The highest BCUT2D eigenvalue weighted by Gasteiger charge is 2.21. The minimum absolute atomic E-state index is 0.278. The Balaban J connectivity index is 1.31. The molecule has 1 aliphatic rings. The molecular weight excluding hydrogens is 362 g/mol. The van der Waals surface area contributed by atoms with E-state index in [1.165, 1.54) is 12.1 Å². The van der Waals surface area contributed by atoms with E-state index in [2.05, 4.69) is 24.8 Å². The van der Waals surface area contributed by atoms with Crippen molar-refractivity contribution < 1.29 is 8.78 Å². The van der Waals surface area contributed by atoms with Crippen LogP contribution < -0.4 is 5.32 Å². The maximum atomic E-state index is 14.1. The predicted molar refractivity (Wildman–Crippen MR) is 99.5 cm³/mol. The molecule has 0 aliphatic carbocycles. The Labute approximate surface area is 159 Å². The van der Waals surface area contributed by atoms with Crippen molar-refractivity contribution in [2.24, 2.45) is 0 Å². The van der Waals surface area contributed by atoms with Crippen LogP contribution in [0.5, 0.6) is 0 Å². The highest BCUT2D eigenvalue weighted by Crippen LogP contribution is 2.25. The molecular formula is C20H18F2N6. The van der Waals surface area contributed by atoms with Gasteiger partial charge in [-0.05, 0) is 18.6 Å². The van der Waals surface area contributed by atoms with Crippen LogP contribution in [0.2, 0.25) is 0 Å². The molecule has 4 aromatic rings. The molecule has 0 saturated carbocycles. The molecule has 0 radical (unpaired) electrons. The molecule has 8 heteroatoms. The zero-order valence-corrected chi connectivity index (χ0v) is 15.0. The maximum Gasteiger partial charge on any atom is 0.155 e. The molecule has 3 aromatic heterocycles. The lowest BCUT2D eigenvalue weighted by atomic mass is 10.1. The van der Waals surface area contributed by atoms with E-state index >= 15 is 0 Å². The van der Waals surface area contributed by atoms with Gasteiger partial charge in [0.1, 0.15) is 17.5 Å². The fourth-order valence-corrected chi connectivity index (χ4v) is 3.71. The Morgan fingerprint density at radius 3 is 3.04 bits per heavy atom. The second-order valence-corrected chi connectivity index (χ2v) is 6.99. The first-order chi connectivity index (χ1) is 13.7. The fourth-order valence-electron chi connectivity index (χ4n) is 3.71. The summed E-state index contributed by atoms with van der Waals surface area (Å²) >= 11 is 0. The van der Waals surface area contributed by atoms with Crippen molar-refractivity contribution in [1.29, 1.82) is 0 Å². The fraction of sp³-hybridized carbons (Fsp3) is 0.250. The Bertz CT molecular complexity index is 1150. The van der Waals surface area contributed by atoms with Crippen molar-refractivity contribution in [2.45, 2.75) is 32.0 Å². The van der Waals surface area contributed by atoms with Gasteiger partial charge in [-0.15, -0.1) is 0 Å². The second-order valence-electron chi connectivity index (χ2n) is 6.99. The minimum Gasteiger partial charge on any atom is -0.333 e. The number of hydrogen-bond acceptors (Lipinski definition) is 4. The van der Waals surface area contributed by atoms with Gasteiger partial charge >= 0.3 is 0 Å².